The summed E-state index contributed by atoms with van der Waals surface area (Å²) in [5.41, 5.74) is 0.649. The van der Waals surface area contributed by atoms with Gasteiger partial charge >= 0.3 is 0 Å². The van der Waals surface area contributed by atoms with Crippen LogP contribution in [-0.4, -0.2) is 36.3 Å². The maximum Gasteiger partial charge on any atom is 0.253 e. The highest BCUT2D eigenvalue weighted by Crippen LogP contribution is 2.16. The number of benzene rings is 1. The lowest BCUT2D eigenvalue weighted by Gasteiger charge is -2.26. The van der Waals surface area contributed by atoms with Crippen LogP contribution in [-0.2, 0) is 4.79 Å². The van der Waals surface area contributed by atoms with Crippen LogP contribution in [0.2, 0.25) is 0 Å². The first-order valence-corrected chi connectivity index (χ1v) is 7.10. The van der Waals surface area contributed by atoms with Gasteiger partial charge in [-0.25, -0.2) is 0 Å². The number of likely N-dealkylation sites (tertiary alicyclic amines) is 1. The Labute approximate surface area is 119 Å². The van der Waals surface area contributed by atoms with Gasteiger partial charge in [0.05, 0.1) is 6.61 Å². The molecule has 1 heterocycles. The Morgan fingerprint density at radius 3 is 2.35 bits per heavy atom. The van der Waals surface area contributed by atoms with Crippen molar-refractivity contribution in [1.82, 2.24) is 4.90 Å². The van der Waals surface area contributed by atoms with Crippen molar-refractivity contribution in [2.45, 2.75) is 26.7 Å². The molecule has 1 saturated heterocycles. The Morgan fingerprint density at radius 2 is 1.80 bits per heavy atom. The molecule has 1 aliphatic heterocycles. The molecule has 0 spiro atoms. The molecule has 0 bridgehead atoms. The normalized spacial score (nSPS) is 15.6. The summed E-state index contributed by atoms with van der Waals surface area (Å²) in [6.45, 7) is 5.92. The minimum Gasteiger partial charge on any atom is -0.493 e. The van der Waals surface area contributed by atoms with Crippen molar-refractivity contribution in [3.05, 3.63) is 29.8 Å². The fourth-order valence-electron chi connectivity index (χ4n) is 2.10. The molecule has 0 unspecified atom stereocenters. The van der Waals surface area contributed by atoms with Crippen molar-refractivity contribution < 1.29 is 14.3 Å². The fraction of sp³-hybridized carbons (Fsp3) is 0.500. The first kappa shape index (κ1) is 14.6. The molecule has 0 saturated carbocycles. The molecule has 1 aliphatic rings. The maximum atomic E-state index is 12.3. The second-order valence-electron chi connectivity index (χ2n) is 5.56. The summed E-state index contributed by atoms with van der Waals surface area (Å²) >= 11 is 0. The number of carbonyl (C=O) groups is 2. The Bertz CT molecular complexity index is 469. The summed E-state index contributed by atoms with van der Waals surface area (Å²) in [6.07, 6.45) is 0.947. The van der Waals surface area contributed by atoms with Crippen LogP contribution in [0.4, 0.5) is 0 Å². The number of hydrogen-bond donors (Lipinski definition) is 0. The van der Waals surface area contributed by atoms with E-state index < -0.39 is 0 Å². The quantitative estimate of drug-likeness (QED) is 0.848. The average molecular weight is 275 g/mol. The number of hydrogen-bond acceptors (Lipinski definition) is 3. The van der Waals surface area contributed by atoms with Gasteiger partial charge in [0.15, 0.2) is 0 Å². The Morgan fingerprint density at radius 1 is 1.20 bits per heavy atom. The summed E-state index contributed by atoms with van der Waals surface area (Å²) in [5.74, 6) is 1.49. The minimum atomic E-state index is -0.00657. The zero-order valence-corrected chi connectivity index (χ0v) is 12.1. The van der Waals surface area contributed by atoms with Gasteiger partial charge in [-0.05, 0) is 30.2 Å². The van der Waals surface area contributed by atoms with Gasteiger partial charge in [-0.3, -0.25) is 9.59 Å². The number of rotatable bonds is 4. The molecule has 0 aliphatic carbocycles. The van der Waals surface area contributed by atoms with Gasteiger partial charge in [-0.15, -0.1) is 0 Å². The standard InChI is InChI=1S/C16H21NO3/c1-12(2)11-20-15-5-3-13(4-6-15)16(19)17-9-7-14(18)8-10-17/h3-6,12H,7-11H2,1-2H3. The molecule has 0 radical (unpaired) electrons. The van der Waals surface area contributed by atoms with Crippen LogP contribution in [0, 0.1) is 5.92 Å². The second kappa shape index (κ2) is 6.55. The predicted octanol–water partition coefficient (Wildman–Crippen LogP) is 2.53. The summed E-state index contributed by atoms with van der Waals surface area (Å²) in [5, 5.41) is 0. The third-order valence-electron chi connectivity index (χ3n) is 3.29. The first-order valence-electron chi connectivity index (χ1n) is 7.10. The number of nitrogens with zero attached hydrogens (tertiary/aromatic N) is 1. The van der Waals surface area contributed by atoms with Crippen molar-refractivity contribution in [3.63, 3.8) is 0 Å². The Balaban J connectivity index is 1.95. The summed E-state index contributed by atoms with van der Waals surface area (Å²) < 4.78 is 5.59. The van der Waals surface area contributed by atoms with Gasteiger partial charge in [0, 0.05) is 31.5 Å². The molecule has 4 heteroatoms. The van der Waals surface area contributed by atoms with Crippen molar-refractivity contribution in [3.8, 4) is 5.75 Å². The number of ketones is 1. The van der Waals surface area contributed by atoms with Gasteiger partial charge in [0.2, 0.25) is 0 Å². The minimum absolute atomic E-state index is 0.00657. The van der Waals surface area contributed by atoms with Gasteiger partial charge in [-0.2, -0.15) is 0 Å². The van der Waals surface area contributed by atoms with Crippen LogP contribution in [0.3, 0.4) is 0 Å². The SMILES string of the molecule is CC(C)COc1ccc(C(=O)N2CCC(=O)CC2)cc1. The van der Waals surface area contributed by atoms with Gasteiger partial charge < -0.3 is 9.64 Å². The van der Waals surface area contributed by atoms with Crippen LogP contribution in [0.1, 0.15) is 37.0 Å². The van der Waals surface area contributed by atoms with Crippen LogP contribution in [0.5, 0.6) is 5.75 Å². The molecule has 1 aromatic carbocycles. The monoisotopic (exact) mass is 275 g/mol. The third-order valence-corrected chi connectivity index (χ3v) is 3.29. The molecule has 20 heavy (non-hydrogen) atoms. The molecule has 0 aromatic heterocycles. The smallest absolute Gasteiger partial charge is 0.253 e. The second-order valence-corrected chi connectivity index (χ2v) is 5.56. The molecular weight excluding hydrogens is 254 g/mol. The molecule has 0 atom stereocenters. The molecule has 108 valence electrons. The van der Waals surface area contributed by atoms with Gasteiger partial charge in [0.25, 0.3) is 5.91 Å². The highest BCUT2D eigenvalue weighted by Gasteiger charge is 2.21. The summed E-state index contributed by atoms with van der Waals surface area (Å²) in [7, 11) is 0. The van der Waals surface area contributed by atoms with Crippen molar-refractivity contribution >= 4 is 11.7 Å². The van der Waals surface area contributed by atoms with E-state index in [4.69, 9.17) is 4.74 Å². The Kier molecular flexibility index (Phi) is 4.77. The zero-order valence-electron chi connectivity index (χ0n) is 12.1. The maximum absolute atomic E-state index is 12.3. The van der Waals surface area contributed by atoms with Crippen LogP contribution >= 0.6 is 0 Å². The molecule has 1 amide bonds. The lowest BCUT2D eigenvalue weighted by atomic mass is 10.1. The lowest BCUT2D eigenvalue weighted by molar-refractivity contribution is -0.120. The van der Waals surface area contributed by atoms with E-state index in [0.717, 1.165) is 5.75 Å². The van der Waals surface area contributed by atoms with E-state index in [1.165, 1.54) is 0 Å². The topological polar surface area (TPSA) is 46.6 Å². The molecular formula is C16H21NO3. The predicted molar refractivity (Wildman–Crippen MR) is 76.9 cm³/mol. The van der Waals surface area contributed by atoms with E-state index in [9.17, 15) is 9.59 Å². The number of piperidine rings is 1. The van der Waals surface area contributed by atoms with E-state index >= 15 is 0 Å². The molecule has 1 fully saturated rings. The summed E-state index contributed by atoms with van der Waals surface area (Å²) in [4.78, 5) is 25.2. The number of amides is 1. The van der Waals surface area contributed by atoms with E-state index in [2.05, 4.69) is 13.8 Å². The van der Waals surface area contributed by atoms with Crippen molar-refractivity contribution in [2.75, 3.05) is 19.7 Å². The van der Waals surface area contributed by atoms with Crippen LogP contribution < -0.4 is 4.74 Å². The molecule has 2 rings (SSSR count). The fourth-order valence-corrected chi connectivity index (χ4v) is 2.10. The lowest BCUT2D eigenvalue weighted by Crippen LogP contribution is -2.38. The number of carbonyl (C=O) groups excluding carboxylic acids is 2. The molecule has 1 aromatic rings. The van der Waals surface area contributed by atoms with Crippen LogP contribution in [0.15, 0.2) is 24.3 Å². The van der Waals surface area contributed by atoms with E-state index in [-0.39, 0.29) is 11.7 Å². The zero-order chi connectivity index (χ0) is 14.5. The molecule has 4 nitrogen and oxygen atoms in total. The number of Topliss-reactive ketones (excluding diaryl/α,β-unsaturated/α-hetero) is 1. The third kappa shape index (κ3) is 3.83. The van der Waals surface area contributed by atoms with Crippen molar-refractivity contribution in [1.29, 1.82) is 0 Å². The Hall–Kier alpha value is -1.84. The molecule has 0 N–H and O–H groups in total. The highest BCUT2D eigenvalue weighted by molar-refractivity contribution is 5.95. The summed E-state index contributed by atoms with van der Waals surface area (Å²) in [6, 6.07) is 7.22. The van der Waals surface area contributed by atoms with E-state index in [1.54, 1.807) is 17.0 Å². The first-order chi connectivity index (χ1) is 9.56. The largest absolute Gasteiger partial charge is 0.493 e. The van der Waals surface area contributed by atoms with Crippen molar-refractivity contribution in [2.24, 2.45) is 5.92 Å². The van der Waals surface area contributed by atoms with Gasteiger partial charge in [0.1, 0.15) is 11.5 Å². The van der Waals surface area contributed by atoms with E-state index in [0.29, 0.717) is 44.0 Å². The average Bonchev–Trinajstić information content (AvgIpc) is 2.46. The van der Waals surface area contributed by atoms with Crippen LogP contribution in [0.25, 0.3) is 0 Å². The van der Waals surface area contributed by atoms with E-state index in [1.807, 2.05) is 12.1 Å². The van der Waals surface area contributed by atoms with Gasteiger partial charge in [-0.1, -0.05) is 13.8 Å². The highest BCUT2D eigenvalue weighted by atomic mass is 16.5. The number of ether oxygens (including phenoxy) is 1.